The number of carbonyl (C=O) groups is 1. The van der Waals surface area contributed by atoms with E-state index in [1.54, 1.807) is 6.92 Å². The zero-order valence-electron chi connectivity index (χ0n) is 7.76. The number of rotatable bonds is 6. The standard InChI is InChI=1S/C9H16O3/c1-8(2)12-7-5-4-6-9(10)11-3/h1,4-7H2,2-3H3. The van der Waals surface area contributed by atoms with Crippen molar-refractivity contribution in [1.82, 2.24) is 0 Å². The molecule has 12 heavy (non-hydrogen) atoms. The van der Waals surface area contributed by atoms with Crippen LogP contribution < -0.4 is 0 Å². The summed E-state index contributed by atoms with van der Waals surface area (Å²) in [5.41, 5.74) is 0. The Morgan fingerprint density at radius 1 is 1.42 bits per heavy atom. The van der Waals surface area contributed by atoms with Gasteiger partial charge in [-0.05, 0) is 19.8 Å². The molecule has 3 heteroatoms. The lowest BCUT2D eigenvalue weighted by atomic mass is 10.2. The van der Waals surface area contributed by atoms with Gasteiger partial charge in [0, 0.05) is 6.42 Å². The first-order chi connectivity index (χ1) is 5.66. The van der Waals surface area contributed by atoms with Gasteiger partial charge in [0.25, 0.3) is 0 Å². The summed E-state index contributed by atoms with van der Waals surface area (Å²) < 4.78 is 9.59. The van der Waals surface area contributed by atoms with Gasteiger partial charge in [-0.2, -0.15) is 0 Å². The quantitative estimate of drug-likeness (QED) is 0.348. The van der Waals surface area contributed by atoms with Gasteiger partial charge < -0.3 is 9.47 Å². The first-order valence-electron chi connectivity index (χ1n) is 4.02. The highest BCUT2D eigenvalue weighted by molar-refractivity contribution is 5.68. The Morgan fingerprint density at radius 2 is 2.08 bits per heavy atom. The Labute approximate surface area is 73.4 Å². The third-order valence-electron chi connectivity index (χ3n) is 1.35. The highest BCUT2D eigenvalue weighted by Gasteiger charge is 1.98. The Kier molecular flexibility index (Phi) is 6.15. The van der Waals surface area contributed by atoms with E-state index in [1.165, 1.54) is 7.11 Å². The second kappa shape index (κ2) is 6.70. The van der Waals surface area contributed by atoms with Gasteiger partial charge in [0.15, 0.2) is 0 Å². The van der Waals surface area contributed by atoms with Crippen molar-refractivity contribution < 1.29 is 14.3 Å². The SMILES string of the molecule is C=C(C)OCCCCC(=O)OC. The molecular weight excluding hydrogens is 156 g/mol. The molecule has 0 amide bonds. The van der Waals surface area contributed by atoms with Gasteiger partial charge in [-0.3, -0.25) is 4.79 Å². The van der Waals surface area contributed by atoms with E-state index in [0.717, 1.165) is 12.8 Å². The van der Waals surface area contributed by atoms with Crippen molar-refractivity contribution >= 4 is 5.97 Å². The molecule has 0 aromatic heterocycles. The molecule has 3 nitrogen and oxygen atoms in total. The summed E-state index contributed by atoms with van der Waals surface area (Å²) in [5.74, 6) is 0.554. The summed E-state index contributed by atoms with van der Waals surface area (Å²) in [4.78, 5) is 10.6. The van der Waals surface area contributed by atoms with Crippen molar-refractivity contribution in [3.8, 4) is 0 Å². The van der Waals surface area contributed by atoms with Crippen molar-refractivity contribution in [2.45, 2.75) is 26.2 Å². The summed E-state index contributed by atoms with van der Waals surface area (Å²) >= 11 is 0. The number of unbranched alkanes of at least 4 members (excludes halogenated alkanes) is 1. The molecule has 0 rings (SSSR count). The second-order valence-corrected chi connectivity index (χ2v) is 2.58. The highest BCUT2D eigenvalue weighted by Crippen LogP contribution is 1.99. The van der Waals surface area contributed by atoms with Crippen LogP contribution in [0.3, 0.4) is 0 Å². The zero-order valence-corrected chi connectivity index (χ0v) is 7.76. The van der Waals surface area contributed by atoms with Crippen LogP contribution in [-0.2, 0) is 14.3 Å². The molecule has 0 aliphatic rings. The third kappa shape index (κ3) is 7.12. The van der Waals surface area contributed by atoms with Crippen LogP contribution >= 0.6 is 0 Å². The smallest absolute Gasteiger partial charge is 0.305 e. The van der Waals surface area contributed by atoms with Crippen LogP contribution in [0, 0.1) is 0 Å². The fraction of sp³-hybridized carbons (Fsp3) is 0.667. The molecule has 0 aromatic carbocycles. The Bertz CT molecular complexity index is 152. The average Bonchev–Trinajstić information content (AvgIpc) is 2.03. The first kappa shape index (κ1) is 11.0. The van der Waals surface area contributed by atoms with E-state index in [1.807, 2.05) is 0 Å². The Hall–Kier alpha value is -0.990. The molecule has 0 spiro atoms. The van der Waals surface area contributed by atoms with E-state index in [-0.39, 0.29) is 5.97 Å². The molecular formula is C9H16O3. The summed E-state index contributed by atoms with van der Waals surface area (Å²) in [6.07, 6.45) is 2.14. The van der Waals surface area contributed by atoms with E-state index in [4.69, 9.17) is 4.74 Å². The van der Waals surface area contributed by atoms with Crippen molar-refractivity contribution in [2.24, 2.45) is 0 Å². The van der Waals surface area contributed by atoms with Crippen molar-refractivity contribution in [3.05, 3.63) is 12.3 Å². The summed E-state index contributed by atoms with van der Waals surface area (Å²) in [7, 11) is 1.40. The number of carbonyl (C=O) groups excluding carboxylic acids is 1. The number of esters is 1. The van der Waals surface area contributed by atoms with Gasteiger partial charge in [0.1, 0.15) is 0 Å². The molecule has 0 aliphatic heterocycles. The Morgan fingerprint density at radius 3 is 2.58 bits per heavy atom. The highest BCUT2D eigenvalue weighted by atomic mass is 16.5. The van der Waals surface area contributed by atoms with Gasteiger partial charge in [-0.1, -0.05) is 6.58 Å². The van der Waals surface area contributed by atoms with Gasteiger partial charge >= 0.3 is 5.97 Å². The summed E-state index contributed by atoms with van der Waals surface area (Å²) in [5, 5.41) is 0. The molecule has 0 fully saturated rings. The Balaban J connectivity index is 3.11. The molecule has 0 aromatic rings. The molecule has 0 heterocycles. The molecule has 0 saturated carbocycles. The molecule has 0 aliphatic carbocycles. The summed E-state index contributed by atoms with van der Waals surface area (Å²) in [6.45, 7) is 6.03. The molecule has 0 N–H and O–H groups in total. The van der Waals surface area contributed by atoms with Gasteiger partial charge in [-0.25, -0.2) is 0 Å². The van der Waals surface area contributed by atoms with Crippen molar-refractivity contribution in [2.75, 3.05) is 13.7 Å². The fourth-order valence-corrected chi connectivity index (χ4v) is 0.720. The third-order valence-corrected chi connectivity index (χ3v) is 1.35. The normalized spacial score (nSPS) is 9.17. The number of methoxy groups -OCH3 is 1. The predicted octanol–water partition coefficient (Wildman–Crippen LogP) is 1.88. The lowest BCUT2D eigenvalue weighted by Crippen LogP contribution is -2.00. The van der Waals surface area contributed by atoms with E-state index in [0.29, 0.717) is 18.8 Å². The minimum atomic E-state index is -0.162. The largest absolute Gasteiger partial charge is 0.499 e. The lowest BCUT2D eigenvalue weighted by Gasteiger charge is -2.03. The van der Waals surface area contributed by atoms with E-state index in [2.05, 4.69) is 11.3 Å². The van der Waals surface area contributed by atoms with E-state index >= 15 is 0 Å². The van der Waals surface area contributed by atoms with Crippen LogP contribution in [0.25, 0.3) is 0 Å². The fourth-order valence-electron chi connectivity index (χ4n) is 0.720. The molecule has 0 atom stereocenters. The number of hydrogen-bond donors (Lipinski definition) is 0. The predicted molar refractivity (Wildman–Crippen MR) is 46.6 cm³/mol. The summed E-state index contributed by atoms with van der Waals surface area (Å²) in [6, 6.07) is 0. The van der Waals surface area contributed by atoms with Crippen molar-refractivity contribution in [3.63, 3.8) is 0 Å². The number of hydrogen-bond acceptors (Lipinski definition) is 3. The van der Waals surface area contributed by atoms with Crippen LogP contribution in [0.15, 0.2) is 12.3 Å². The average molecular weight is 172 g/mol. The maximum Gasteiger partial charge on any atom is 0.305 e. The second-order valence-electron chi connectivity index (χ2n) is 2.58. The van der Waals surface area contributed by atoms with Gasteiger partial charge in [0.2, 0.25) is 0 Å². The molecule has 0 bridgehead atoms. The van der Waals surface area contributed by atoms with Crippen LogP contribution in [-0.4, -0.2) is 19.7 Å². The molecule has 0 unspecified atom stereocenters. The van der Waals surface area contributed by atoms with Crippen LogP contribution in [0.4, 0.5) is 0 Å². The van der Waals surface area contributed by atoms with Crippen LogP contribution in [0.1, 0.15) is 26.2 Å². The maximum atomic E-state index is 10.6. The molecule has 0 radical (unpaired) electrons. The van der Waals surface area contributed by atoms with Gasteiger partial charge in [0.05, 0.1) is 19.5 Å². The molecule has 0 saturated heterocycles. The van der Waals surface area contributed by atoms with E-state index in [9.17, 15) is 4.79 Å². The number of ether oxygens (including phenoxy) is 2. The van der Waals surface area contributed by atoms with Crippen molar-refractivity contribution in [1.29, 1.82) is 0 Å². The molecule has 70 valence electrons. The monoisotopic (exact) mass is 172 g/mol. The number of allylic oxidation sites excluding steroid dienone is 1. The van der Waals surface area contributed by atoms with E-state index < -0.39 is 0 Å². The minimum absolute atomic E-state index is 0.162. The minimum Gasteiger partial charge on any atom is -0.499 e. The maximum absolute atomic E-state index is 10.6. The van der Waals surface area contributed by atoms with Gasteiger partial charge in [-0.15, -0.1) is 0 Å². The first-order valence-corrected chi connectivity index (χ1v) is 4.02. The zero-order chi connectivity index (χ0) is 9.40. The lowest BCUT2D eigenvalue weighted by molar-refractivity contribution is -0.140. The van der Waals surface area contributed by atoms with Crippen LogP contribution in [0.5, 0.6) is 0 Å². The van der Waals surface area contributed by atoms with Crippen LogP contribution in [0.2, 0.25) is 0 Å². The topological polar surface area (TPSA) is 35.5 Å².